The summed E-state index contributed by atoms with van der Waals surface area (Å²) in [5.41, 5.74) is 1.93. The molecule has 3 aliphatic rings. The van der Waals surface area contributed by atoms with E-state index in [1.807, 2.05) is 26.0 Å². The first-order valence-corrected chi connectivity index (χ1v) is 14.8. The Kier molecular flexibility index (Phi) is 9.15. The topological polar surface area (TPSA) is 102 Å². The highest BCUT2D eigenvalue weighted by Gasteiger charge is 2.45. The number of unbranched alkanes of at least 4 members (excludes halogenated alkanes) is 1. The molecule has 2 aromatic carbocycles. The number of quaternary nitrogens is 1. The quantitative estimate of drug-likeness (QED) is 0.192. The highest BCUT2D eigenvalue weighted by atomic mass is 16.5. The lowest BCUT2D eigenvalue weighted by molar-refractivity contribution is -0.907. The van der Waals surface area contributed by atoms with Crippen molar-refractivity contribution < 1.29 is 38.5 Å². The van der Waals surface area contributed by atoms with Crippen LogP contribution in [-0.2, 0) is 20.7 Å². The highest BCUT2D eigenvalue weighted by molar-refractivity contribution is 6.46. The van der Waals surface area contributed by atoms with Crippen LogP contribution in [0, 0.1) is 0 Å². The van der Waals surface area contributed by atoms with Gasteiger partial charge in [0.05, 0.1) is 45.6 Å². The zero-order valence-corrected chi connectivity index (χ0v) is 24.2. The van der Waals surface area contributed by atoms with Gasteiger partial charge >= 0.3 is 0 Å². The van der Waals surface area contributed by atoms with Gasteiger partial charge in [0.2, 0.25) is 5.78 Å². The second kappa shape index (κ2) is 13.0. The molecule has 0 radical (unpaired) electrons. The maximum atomic E-state index is 14.0. The fraction of sp³-hybridized carbons (Fsp3) is 0.500. The molecule has 9 heteroatoms. The average Bonchev–Trinajstić information content (AvgIpc) is 3.48. The molecule has 3 aliphatic heterocycles. The molecule has 9 nitrogen and oxygen atoms in total. The third-order valence-corrected chi connectivity index (χ3v) is 7.93. The second-order valence-corrected chi connectivity index (χ2v) is 10.9. The first-order chi connectivity index (χ1) is 19.9. The van der Waals surface area contributed by atoms with E-state index in [4.69, 9.17) is 18.9 Å². The highest BCUT2D eigenvalue weighted by Crippen LogP contribution is 2.42. The number of carbonyl (C=O) groups excluding carboxylic acids is 2. The fourth-order valence-corrected chi connectivity index (χ4v) is 5.76. The number of nitrogens with one attached hydrogen (secondary N) is 1. The Balaban J connectivity index is 1.54. The Morgan fingerprint density at radius 2 is 1.88 bits per heavy atom. The molecule has 0 aliphatic carbocycles. The van der Waals surface area contributed by atoms with Gasteiger partial charge in [-0.2, -0.15) is 0 Å². The predicted molar refractivity (Wildman–Crippen MR) is 151 cm³/mol. The first-order valence-electron chi connectivity index (χ1n) is 14.8. The Morgan fingerprint density at radius 3 is 2.63 bits per heavy atom. The molecule has 41 heavy (non-hydrogen) atoms. The maximum Gasteiger partial charge on any atom is 0.295 e. The Labute approximate surface area is 241 Å². The van der Waals surface area contributed by atoms with Crippen LogP contribution in [0.15, 0.2) is 42.0 Å². The zero-order valence-electron chi connectivity index (χ0n) is 24.2. The lowest BCUT2D eigenvalue weighted by atomic mass is 9.94. The standard InChI is InChI=1S/C32H40N2O7/c1-4-6-15-40-26-10-7-22(20-27(26)39-5-2)29-28(30(35)23-8-9-25-24(19-23)18-21(3)41-25)31(36)32(37)34(29)12-11-33-13-16-38-17-14-33/h7-10,19-21,29,35H,4-6,11-18H2,1-3H3. The number of fused-ring (bicyclic) bond motifs is 1. The van der Waals surface area contributed by atoms with E-state index in [0.29, 0.717) is 68.6 Å². The van der Waals surface area contributed by atoms with E-state index in [0.717, 1.165) is 37.2 Å². The van der Waals surface area contributed by atoms with Gasteiger partial charge in [0.15, 0.2) is 11.5 Å². The van der Waals surface area contributed by atoms with E-state index in [-0.39, 0.29) is 11.7 Å². The van der Waals surface area contributed by atoms with Crippen molar-refractivity contribution in [2.45, 2.75) is 52.2 Å². The van der Waals surface area contributed by atoms with Crippen LogP contribution in [0.4, 0.5) is 0 Å². The number of rotatable bonds is 11. The van der Waals surface area contributed by atoms with Gasteiger partial charge in [0.25, 0.3) is 5.91 Å². The minimum absolute atomic E-state index is 0.0265. The van der Waals surface area contributed by atoms with Crippen molar-refractivity contribution in [3.05, 3.63) is 58.7 Å². The number of hydrogen-bond acceptors (Lipinski definition) is 7. The molecule has 2 aromatic rings. The number of likely N-dealkylation sites (tertiary alicyclic amines) is 1. The molecule has 2 fully saturated rings. The Bertz CT molecular complexity index is 1300. The smallest absolute Gasteiger partial charge is 0.295 e. The van der Waals surface area contributed by atoms with Gasteiger partial charge in [0.1, 0.15) is 24.9 Å². The summed E-state index contributed by atoms with van der Waals surface area (Å²) in [4.78, 5) is 29.9. The van der Waals surface area contributed by atoms with Gasteiger partial charge in [-0.1, -0.05) is 31.2 Å². The predicted octanol–water partition coefficient (Wildman–Crippen LogP) is 1.73. The molecule has 0 spiro atoms. The number of ether oxygens (including phenoxy) is 4. The lowest BCUT2D eigenvalue weighted by Gasteiger charge is -2.30. The van der Waals surface area contributed by atoms with E-state index in [2.05, 4.69) is 6.92 Å². The molecule has 3 heterocycles. The van der Waals surface area contributed by atoms with Crippen molar-refractivity contribution in [2.24, 2.45) is 0 Å². The summed E-state index contributed by atoms with van der Waals surface area (Å²) in [7, 11) is 0. The minimum Gasteiger partial charge on any atom is -0.872 e. The second-order valence-electron chi connectivity index (χ2n) is 10.9. The first kappa shape index (κ1) is 29.0. The van der Waals surface area contributed by atoms with Crippen LogP contribution in [0.2, 0.25) is 0 Å². The molecule has 0 saturated carbocycles. The zero-order chi connectivity index (χ0) is 28.9. The van der Waals surface area contributed by atoms with Crippen LogP contribution in [0.1, 0.15) is 56.3 Å². The third-order valence-electron chi connectivity index (χ3n) is 7.93. The van der Waals surface area contributed by atoms with E-state index in [1.54, 1.807) is 29.2 Å². The average molecular weight is 565 g/mol. The van der Waals surface area contributed by atoms with E-state index in [9.17, 15) is 14.7 Å². The number of hydrogen-bond donors (Lipinski definition) is 1. The summed E-state index contributed by atoms with van der Waals surface area (Å²) in [5.74, 6) is 0.0538. The van der Waals surface area contributed by atoms with Crippen LogP contribution < -0.4 is 24.2 Å². The van der Waals surface area contributed by atoms with Crippen LogP contribution in [0.5, 0.6) is 17.2 Å². The number of benzene rings is 2. The molecule has 2 unspecified atom stereocenters. The lowest BCUT2D eigenvalue weighted by Crippen LogP contribution is -3.14. The SMILES string of the molecule is CCCCOc1ccc(C2C(=C([O-])c3ccc4c(c3)CC(C)O4)C(=O)C(=O)N2CC[NH+]2CCOCC2)cc1OCC. The molecule has 2 atom stereocenters. The van der Waals surface area contributed by atoms with Gasteiger partial charge in [-0.05, 0) is 61.2 Å². The number of nitrogens with zero attached hydrogens (tertiary/aromatic N) is 1. The molecule has 5 rings (SSSR count). The van der Waals surface area contributed by atoms with Crippen molar-refractivity contribution in [1.29, 1.82) is 0 Å². The molecule has 1 amide bonds. The van der Waals surface area contributed by atoms with Crippen molar-refractivity contribution in [3.8, 4) is 17.2 Å². The normalized spacial score (nSPS) is 22.1. The molecule has 1 N–H and O–H groups in total. The number of ketones is 1. The van der Waals surface area contributed by atoms with Gasteiger partial charge in [0, 0.05) is 12.0 Å². The fourth-order valence-electron chi connectivity index (χ4n) is 5.76. The summed E-state index contributed by atoms with van der Waals surface area (Å²) in [6, 6.07) is 9.87. The van der Waals surface area contributed by atoms with Crippen molar-refractivity contribution >= 4 is 17.4 Å². The number of carbonyl (C=O) groups is 2. The molecular formula is C32H40N2O7. The number of morpholine rings is 1. The summed E-state index contributed by atoms with van der Waals surface area (Å²) < 4.78 is 23.2. The molecular weight excluding hydrogens is 524 g/mol. The molecule has 2 saturated heterocycles. The van der Waals surface area contributed by atoms with Gasteiger partial charge in [-0.3, -0.25) is 9.59 Å². The van der Waals surface area contributed by atoms with Gasteiger partial charge in [-0.25, -0.2) is 0 Å². The third kappa shape index (κ3) is 6.21. The van der Waals surface area contributed by atoms with Crippen molar-refractivity contribution in [2.75, 3.05) is 52.6 Å². The van der Waals surface area contributed by atoms with Crippen LogP contribution in [0.25, 0.3) is 5.76 Å². The van der Waals surface area contributed by atoms with E-state index >= 15 is 0 Å². The number of amides is 1. The number of Topliss-reactive ketones (excluding diaryl/α,β-unsaturated/α-hetero) is 1. The summed E-state index contributed by atoms with van der Waals surface area (Å²) in [6.07, 6.45) is 2.63. The van der Waals surface area contributed by atoms with Crippen LogP contribution in [-0.4, -0.2) is 75.3 Å². The van der Waals surface area contributed by atoms with Crippen molar-refractivity contribution in [1.82, 2.24) is 4.90 Å². The molecule has 0 bridgehead atoms. The summed E-state index contributed by atoms with van der Waals surface area (Å²) in [6.45, 7) is 11.0. The summed E-state index contributed by atoms with van der Waals surface area (Å²) >= 11 is 0. The van der Waals surface area contributed by atoms with Crippen molar-refractivity contribution in [3.63, 3.8) is 0 Å². The van der Waals surface area contributed by atoms with Gasteiger partial charge < -0.3 is 33.9 Å². The van der Waals surface area contributed by atoms with Gasteiger partial charge in [-0.15, -0.1) is 0 Å². The Hall–Kier alpha value is -3.56. The largest absolute Gasteiger partial charge is 0.872 e. The van der Waals surface area contributed by atoms with E-state index in [1.165, 1.54) is 4.90 Å². The van der Waals surface area contributed by atoms with Crippen LogP contribution >= 0.6 is 0 Å². The molecule has 0 aromatic heterocycles. The molecule has 220 valence electrons. The Morgan fingerprint density at radius 1 is 1.07 bits per heavy atom. The monoisotopic (exact) mass is 564 g/mol. The maximum absolute atomic E-state index is 14.0. The van der Waals surface area contributed by atoms with Crippen LogP contribution in [0.3, 0.4) is 0 Å². The summed E-state index contributed by atoms with van der Waals surface area (Å²) in [5, 5.41) is 14.0. The van der Waals surface area contributed by atoms with E-state index < -0.39 is 23.5 Å². The minimum atomic E-state index is -0.824.